The molecule has 0 unspecified atom stereocenters. The molecule has 0 aliphatic carbocycles. The van der Waals surface area contributed by atoms with Crippen LogP contribution < -0.4 is 5.76 Å². The van der Waals surface area contributed by atoms with Gasteiger partial charge in [0.2, 0.25) is 10.0 Å². The van der Waals surface area contributed by atoms with Crippen molar-refractivity contribution >= 4 is 32.7 Å². The molecule has 0 amide bonds. The Morgan fingerprint density at radius 2 is 1.96 bits per heavy atom. The number of rotatable bonds is 4. The van der Waals surface area contributed by atoms with E-state index in [1.165, 1.54) is 21.0 Å². The Morgan fingerprint density at radius 1 is 1.25 bits per heavy atom. The molecule has 148 valence electrons. The first kappa shape index (κ1) is 19.2. The predicted molar refractivity (Wildman–Crippen MR) is 105 cm³/mol. The molecule has 1 saturated heterocycles. The van der Waals surface area contributed by atoms with Gasteiger partial charge in [0, 0.05) is 25.7 Å². The summed E-state index contributed by atoms with van der Waals surface area (Å²) in [5.41, 5.74) is 0.00879. The van der Waals surface area contributed by atoms with Crippen molar-refractivity contribution in [1.82, 2.24) is 8.87 Å². The lowest BCUT2D eigenvalue weighted by Crippen LogP contribution is -2.34. The molecule has 4 rings (SSSR count). The summed E-state index contributed by atoms with van der Waals surface area (Å²) in [6.45, 7) is 2.24. The van der Waals surface area contributed by atoms with Crippen LogP contribution in [0.25, 0.3) is 11.1 Å². The van der Waals surface area contributed by atoms with Crippen molar-refractivity contribution in [2.24, 2.45) is 0 Å². The van der Waals surface area contributed by atoms with Crippen molar-refractivity contribution < 1.29 is 17.9 Å². The first-order valence-electron chi connectivity index (χ1n) is 8.87. The van der Waals surface area contributed by atoms with Crippen molar-refractivity contribution in [3.63, 3.8) is 0 Å². The number of aromatic nitrogens is 1. The van der Waals surface area contributed by atoms with Gasteiger partial charge in [0.05, 0.1) is 10.5 Å². The second-order valence-electron chi connectivity index (χ2n) is 6.85. The Morgan fingerprint density at radius 3 is 2.64 bits per heavy atom. The number of β-amino-alcohol motifs (C(OH)–C–C–N with tert-alkyl or cyclic N) is 1. The lowest BCUT2D eigenvalue weighted by molar-refractivity contribution is 0.0531. The molecular weight excluding hydrogens is 404 g/mol. The molecule has 1 aromatic heterocycles. The van der Waals surface area contributed by atoms with Gasteiger partial charge in [-0.2, -0.15) is 4.31 Å². The molecule has 0 bridgehead atoms. The topological polar surface area (TPSA) is 92.8 Å². The number of oxazole rings is 1. The molecule has 0 saturated carbocycles. The third-order valence-electron chi connectivity index (χ3n) is 5.18. The van der Waals surface area contributed by atoms with Crippen LogP contribution in [-0.2, 0) is 22.2 Å². The van der Waals surface area contributed by atoms with Crippen molar-refractivity contribution in [1.29, 1.82) is 0 Å². The Labute approximate surface area is 166 Å². The molecule has 0 radical (unpaired) electrons. The number of sulfonamides is 1. The quantitative estimate of drug-likeness (QED) is 0.697. The molecule has 1 aliphatic heterocycles. The minimum Gasteiger partial charge on any atom is -0.408 e. The van der Waals surface area contributed by atoms with Crippen molar-refractivity contribution in [3.05, 3.63) is 63.6 Å². The van der Waals surface area contributed by atoms with Crippen LogP contribution in [0, 0.1) is 0 Å². The number of benzene rings is 2. The van der Waals surface area contributed by atoms with E-state index in [2.05, 4.69) is 0 Å². The summed E-state index contributed by atoms with van der Waals surface area (Å²) in [7, 11) is -3.98. The fourth-order valence-electron chi connectivity index (χ4n) is 3.65. The zero-order chi connectivity index (χ0) is 20.1. The number of halogens is 1. The van der Waals surface area contributed by atoms with E-state index in [4.69, 9.17) is 16.0 Å². The van der Waals surface area contributed by atoms with Crippen LogP contribution in [-0.4, -0.2) is 35.5 Å². The van der Waals surface area contributed by atoms with E-state index in [9.17, 15) is 18.3 Å². The Kier molecular flexibility index (Phi) is 4.62. The highest BCUT2D eigenvalue weighted by molar-refractivity contribution is 7.89. The zero-order valence-corrected chi connectivity index (χ0v) is 16.7. The maximum absolute atomic E-state index is 13.2. The SMILES string of the molecule is CCn1c(=O)oc2cc(S(=O)(=O)N3CC[C@](O)(c4ccccc4)C3)c(Cl)cc21. The molecule has 28 heavy (non-hydrogen) atoms. The fraction of sp³-hybridized carbons (Fsp3) is 0.316. The highest BCUT2D eigenvalue weighted by atomic mass is 35.5. The van der Waals surface area contributed by atoms with Crippen LogP contribution in [0.3, 0.4) is 0 Å². The Hall–Kier alpha value is -2.13. The minimum absolute atomic E-state index is 0.00523. The van der Waals surface area contributed by atoms with Gasteiger partial charge in [-0.1, -0.05) is 41.9 Å². The smallest absolute Gasteiger partial charge is 0.408 e. The minimum atomic E-state index is -3.98. The van der Waals surface area contributed by atoms with Crippen LogP contribution in [0.1, 0.15) is 18.9 Å². The van der Waals surface area contributed by atoms with E-state index in [0.717, 1.165) is 0 Å². The molecule has 2 aromatic carbocycles. The van der Waals surface area contributed by atoms with Gasteiger partial charge in [0.1, 0.15) is 10.5 Å². The summed E-state index contributed by atoms with van der Waals surface area (Å²) in [5.74, 6) is -0.567. The molecule has 1 atom stereocenters. The van der Waals surface area contributed by atoms with Gasteiger partial charge >= 0.3 is 5.76 Å². The van der Waals surface area contributed by atoms with E-state index in [1.807, 2.05) is 6.07 Å². The van der Waals surface area contributed by atoms with Gasteiger partial charge in [-0.15, -0.1) is 0 Å². The van der Waals surface area contributed by atoms with Crippen LogP contribution >= 0.6 is 11.6 Å². The van der Waals surface area contributed by atoms with E-state index in [0.29, 0.717) is 17.6 Å². The summed E-state index contributed by atoms with van der Waals surface area (Å²) >= 11 is 6.27. The number of hydrogen-bond donors (Lipinski definition) is 1. The fourth-order valence-corrected chi connectivity index (χ4v) is 5.65. The van der Waals surface area contributed by atoms with Crippen molar-refractivity contribution in [2.75, 3.05) is 13.1 Å². The highest BCUT2D eigenvalue weighted by Gasteiger charge is 2.43. The second kappa shape index (κ2) is 6.73. The Bertz CT molecular complexity index is 1200. The first-order valence-corrected chi connectivity index (χ1v) is 10.7. The monoisotopic (exact) mass is 422 g/mol. The average molecular weight is 423 g/mol. The molecular formula is C19H19ClN2O5S. The van der Waals surface area contributed by atoms with Crippen LogP contribution in [0.2, 0.25) is 5.02 Å². The number of nitrogens with zero attached hydrogens (tertiary/aromatic N) is 2. The van der Waals surface area contributed by atoms with E-state index in [1.54, 1.807) is 31.2 Å². The third-order valence-corrected chi connectivity index (χ3v) is 7.49. The lowest BCUT2D eigenvalue weighted by Gasteiger charge is -2.24. The third kappa shape index (κ3) is 2.97. The van der Waals surface area contributed by atoms with Gasteiger partial charge in [0.25, 0.3) is 0 Å². The van der Waals surface area contributed by atoms with Gasteiger partial charge < -0.3 is 9.52 Å². The summed E-state index contributed by atoms with van der Waals surface area (Å²) < 4.78 is 34.1. The van der Waals surface area contributed by atoms with Crippen molar-refractivity contribution in [2.45, 2.75) is 30.4 Å². The normalized spacial score (nSPS) is 20.8. The number of aliphatic hydroxyl groups is 1. The molecule has 1 fully saturated rings. The standard InChI is InChI=1S/C19H19ClN2O5S/c1-2-22-15-10-14(20)17(11-16(15)27-18(22)23)28(25,26)21-9-8-19(24,12-21)13-6-4-3-5-7-13/h3-7,10-11,24H,2,8-9,12H2,1H3/t19-/m1/s1. The summed E-state index contributed by atoms with van der Waals surface area (Å²) in [6.07, 6.45) is 0.275. The molecule has 3 aromatic rings. The van der Waals surface area contributed by atoms with E-state index < -0.39 is 21.4 Å². The molecule has 0 spiro atoms. The van der Waals surface area contributed by atoms with Crippen molar-refractivity contribution in [3.8, 4) is 0 Å². The molecule has 9 heteroatoms. The zero-order valence-electron chi connectivity index (χ0n) is 15.1. The molecule has 7 nitrogen and oxygen atoms in total. The van der Waals surface area contributed by atoms with Gasteiger partial charge in [-0.25, -0.2) is 13.2 Å². The summed E-state index contributed by atoms with van der Waals surface area (Å²) in [5, 5.41) is 11.0. The molecule has 1 N–H and O–H groups in total. The van der Waals surface area contributed by atoms with Gasteiger partial charge in [-0.05, 0) is 25.0 Å². The predicted octanol–water partition coefficient (Wildman–Crippen LogP) is 2.55. The number of hydrogen-bond acceptors (Lipinski definition) is 5. The molecule has 2 heterocycles. The number of aryl methyl sites for hydroxylation is 1. The van der Waals surface area contributed by atoms with Crippen LogP contribution in [0.15, 0.2) is 56.6 Å². The van der Waals surface area contributed by atoms with E-state index >= 15 is 0 Å². The second-order valence-corrected chi connectivity index (χ2v) is 9.16. The maximum atomic E-state index is 13.2. The number of fused-ring (bicyclic) bond motifs is 1. The average Bonchev–Trinajstić information content (AvgIpc) is 3.22. The summed E-state index contributed by atoms with van der Waals surface area (Å²) in [4.78, 5) is 11.8. The highest BCUT2D eigenvalue weighted by Crippen LogP contribution is 2.37. The Balaban J connectivity index is 1.73. The van der Waals surface area contributed by atoms with E-state index in [-0.39, 0.29) is 35.0 Å². The maximum Gasteiger partial charge on any atom is 0.419 e. The van der Waals surface area contributed by atoms with Gasteiger partial charge in [-0.3, -0.25) is 4.57 Å². The lowest BCUT2D eigenvalue weighted by atomic mass is 9.93. The summed E-state index contributed by atoms with van der Waals surface area (Å²) in [6, 6.07) is 11.7. The van der Waals surface area contributed by atoms with Crippen LogP contribution in [0.4, 0.5) is 0 Å². The largest absolute Gasteiger partial charge is 0.419 e. The first-order chi connectivity index (χ1) is 13.3. The molecule has 1 aliphatic rings. The van der Waals surface area contributed by atoms with Crippen LogP contribution in [0.5, 0.6) is 0 Å². The van der Waals surface area contributed by atoms with Gasteiger partial charge in [0.15, 0.2) is 5.58 Å².